The number of nitrogens with one attached hydrogen (secondary N) is 1. The van der Waals surface area contributed by atoms with Crippen LogP contribution in [0.4, 0.5) is 5.69 Å². The SMILES string of the molecule is Cc1ccc(N(CC(=O)NC(C)c2ccc3c(c2)CCC3)S(C)(=O)=O)cc1Cl. The Labute approximate surface area is 171 Å². The number of carbonyl (C=O) groups excluding carboxylic acids is 1. The molecule has 3 rings (SSSR count). The number of rotatable bonds is 6. The molecule has 1 amide bonds. The van der Waals surface area contributed by atoms with Gasteiger partial charge < -0.3 is 5.32 Å². The zero-order valence-electron chi connectivity index (χ0n) is 16.3. The van der Waals surface area contributed by atoms with Gasteiger partial charge in [0.1, 0.15) is 6.54 Å². The lowest BCUT2D eigenvalue weighted by Gasteiger charge is -2.24. The zero-order valence-corrected chi connectivity index (χ0v) is 17.9. The van der Waals surface area contributed by atoms with E-state index in [9.17, 15) is 13.2 Å². The summed E-state index contributed by atoms with van der Waals surface area (Å²) in [5.74, 6) is -0.366. The average Bonchev–Trinajstić information content (AvgIpc) is 3.09. The predicted molar refractivity (Wildman–Crippen MR) is 113 cm³/mol. The number of benzene rings is 2. The topological polar surface area (TPSA) is 66.5 Å². The summed E-state index contributed by atoms with van der Waals surface area (Å²) < 4.78 is 25.6. The van der Waals surface area contributed by atoms with Crippen molar-refractivity contribution in [3.8, 4) is 0 Å². The summed E-state index contributed by atoms with van der Waals surface area (Å²) in [7, 11) is -3.64. The quantitative estimate of drug-likeness (QED) is 0.773. The highest BCUT2D eigenvalue weighted by molar-refractivity contribution is 7.92. The first-order valence-corrected chi connectivity index (χ1v) is 11.5. The van der Waals surface area contributed by atoms with E-state index in [0.717, 1.165) is 34.5 Å². The lowest BCUT2D eigenvalue weighted by Crippen LogP contribution is -2.41. The molecular weight excluding hydrogens is 396 g/mol. The van der Waals surface area contributed by atoms with Gasteiger partial charge in [0.15, 0.2) is 0 Å². The first-order chi connectivity index (χ1) is 13.1. The van der Waals surface area contributed by atoms with E-state index in [1.165, 1.54) is 17.5 Å². The van der Waals surface area contributed by atoms with Gasteiger partial charge in [0, 0.05) is 5.02 Å². The Bertz CT molecular complexity index is 1000. The van der Waals surface area contributed by atoms with Gasteiger partial charge in [-0.2, -0.15) is 0 Å². The van der Waals surface area contributed by atoms with Crippen LogP contribution in [0, 0.1) is 6.92 Å². The lowest BCUT2D eigenvalue weighted by molar-refractivity contribution is -0.120. The molecule has 0 aromatic heterocycles. The number of halogens is 1. The van der Waals surface area contributed by atoms with E-state index in [1.54, 1.807) is 18.2 Å². The third-order valence-electron chi connectivity index (χ3n) is 5.13. The van der Waals surface area contributed by atoms with Crippen molar-refractivity contribution in [2.45, 2.75) is 39.2 Å². The summed E-state index contributed by atoms with van der Waals surface area (Å²) in [6.07, 6.45) is 4.43. The summed E-state index contributed by atoms with van der Waals surface area (Å²) in [5, 5.41) is 3.36. The van der Waals surface area contributed by atoms with E-state index in [1.807, 2.05) is 19.9 Å². The maximum absolute atomic E-state index is 12.6. The molecule has 5 nitrogen and oxygen atoms in total. The Morgan fingerprint density at radius 3 is 2.57 bits per heavy atom. The first kappa shape index (κ1) is 20.7. The fourth-order valence-electron chi connectivity index (χ4n) is 3.50. The molecule has 0 saturated heterocycles. The molecule has 0 aliphatic heterocycles. The number of carbonyl (C=O) groups is 1. The molecule has 0 heterocycles. The smallest absolute Gasteiger partial charge is 0.241 e. The number of hydrogen-bond acceptors (Lipinski definition) is 3. The molecular formula is C21H25ClN2O3S. The molecule has 7 heteroatoms. The molecule has 1 unspecified atom stereocenters. The van der Waals surface area contributed by atoms with Gasteiger partial charge in [-0.25, -0.2) is 8.42 Å². The summed E-state index contributed by atoms with van der Waals surface area (Å²) in [5.41, 5.74) is 4.96. The van der Waals surface area contributed by atoms with Gasteiger partial charge >= 0.3 is 0 Å². The van der Waals surface area contributed by atoms with Gasteiger partial charge in [-0.3, -0.25) is 9.10 Å². The lowest BCUT2D eigenvalue weighted by atomic mass is 10.0. The van der Waals surface area contributed by atoms with Crippen molar-refractivity contribution < 1.29 is 13.2 Å². The van der Waals surface area contributed by atoms with Crippen LogP contribution in [0.5, 0.6) is 0 Å². The highest BCUT2D eigenvalue weighted by Gasteiger charge is 2.23. The number of nitrogens with zero attached hydrogens (tertiary/aromatic N) is 1. The molecule has 1 N–H and O–H groups in total. The van der Waals surface area contributed by atoms with Crippen molar-refractivity contribution in [3.05, 3.63) is 63.7 Å². The van der Waals surface area contributed by atoms with E-state index in [2.05, 4.69) is 17.4 Å². The van der Waals surface area contributed by atoms with Crippen molar-refractivity contribution in [2.24, 2.45) is 0 Å². The highest BCUT2D eigenvalue weighted by Crippen LogP contribution is 2.26. The Morgan fingerprint density at radius 1 is 1.18 bits per heavy atom. The molecule has 0 saturated carbocycles. The molecule has 28 heavy (non-hydrogen) atoms. The molecule has 2 aromatic rings. The second kappa shape index (κ2) is 8.13. The fraction of sp³-hybridized carbons (Fsp3) is 0.381. The average molecular weight is 421 g/mol. The molecule has 0 spiro atoms. The van der Waals surface area contributed by atoms with E-state index in [4.69, 9.17) is 11.6 Å². The normalized spacial score (nSPS) is 14.4. The van der Waals surface area contributed by atoms with Crippen LogP contribution in [-0.2, 0) is 27.7 Å². The van der Waals surface area contributed by atoms with Crippen molar-refractivity contribution >= 4 is 33.2 Å². The molecule has 0 radical (unpaired) electrons. The van der Waals surface area contributed by atoms with Crippen molar-refractivity contribution in [1.82, 2.24) is 5.32 Å². The second-order valence-corrected chi connectivity index (χ2v) is 9.69. The van der Waals surface area contributed by atoms with Gasteiger partial charge in [0.05, 0.1) is 18.0 Å². The molecule has 0 fully saturated rings. The first-order valence-electron chi connectivity index (χ1n) is 9.30. The third kappa shape index (κ3) is 4.67. The van der Waals surface area contributed by atoms with Crippen molar-refractivity contribution in [1.29, 1.82) is 0 Å². The largest absolute Gasteiger partial charge is 0.348 e. The number of fused-ring (bicyclic) bond motifs is 1. The summed E-state index contributed by atoms with van der Waals surface area (Å²) in [4.78, 5) is 12.6. The van der Waals surface area contributed by atoms with Crippen LogP contribution >= 0.6 is 11.6 Å². The Hall–Kier alpha value is -2.05. The molecule has 150 valence electrons. The van der Waals surface area contributed by atoms with Crippen LogP contribution in [0.3, 0.4) is 0 Å². The minimum atomic E-state index is -3.64. The maximum atomic E-state index is 12.6. The van der Waals surface area contributed by atoms with Gasteiger partial charge in [0.25, 0.3) is 0 Å². The Morgan fingerprint density at radius 2 is 1.89 bits per heavy atom. The second-order valence-electron chi connectivity index (χ2n) is 7.37. The summed E-state index contributed by atoms with van der Waals surface area (Å²) in [6, 6.07) is 11.0. The van der Waals surface area contributed by atoms with Gasteiger partial charge in [-0.1, -0.05) is 35.9 Å². The van der Waals surface area contributed by atoms with Crippen LogP contribution in [-0.4, -0.2) is 27.1 Å². The van der Waals surface area contributed by atoms with Crippen LogP contribution in [0.2, 0.25) is 5.02 Å². The Balaban J connectivity index is 1.74. The molecule has 1 aliphatic rings. The third-order valence-corrected chi connectivity index (χ3v) is 6.68. The Kier molecular flexibility index (Phi) is 6.01. The number of aryl methyl sites for hydroxylation is 3. The van der Waals surface area contributed by atoms with Gasteiger partial charge in [-0.05, 0) is 67.5 Å². The number of hydrogen-bond donors (Lipinski definition) is 1. The molecule has 2 aromatic carbocycles. The minimum Gasteiger partial charge on any atom is -0.348 e. The molecule has 0 bridgehead atoms. The number of sulfonamides is 1. The monoisotopic (exact) mass is 420 g/mol. The maximum Gasteiger partial charge on any atom is 0.241 e. The fourth-order valence-corrected chi connectivity index (χ4v) is 4.52. The number of anilines is 1. The van der Waals surface area contributed by atoms with Crippen LogP contribution in [0.1, 0.15) is 41.6 Å². The zero-order chi connectivity index (χ0) is 20.5. The van der Waals surface area contributed by atoms with Crippen molar-refractivity contribution in [2.75, 3.05) is 17.1 Å². The van der Waals surface area contributed by atoms with E-state index in [0.29, 0.717) is 10.7 Å². The minimum absolute atomic E-state index is 0.207. The van der Waals surface area contributed by atoms with E-state index in [-0.39, 0.29) is 18.5 Å². The van der Waals surface area contributed by atoms with Gasteiger partial charge in [-0.15, -0.1) is 0 Å². The predicted octanol–water partition coefficient (Wildman–Crippen LogP) is 3.78. The van der Waals surface area contributed by atoms with E-state index >= 15 is 0 Å². The van der Waals surface area contributed by atoms with Crippen LogP contribution in [0.15, 0.2) is 36.4 Å². The molecule has 1 aliphatic carbocycles. The van der Waals surface area contributed by atoms with Crippen LogP contribution in [0.25, 0.3) is 0 Å². The highest BCUT2D eigenvalue weighted by atomic mass is 35.5. The van der Waals surface area contributed by atoms with Gasteiger partial charge in [0.2, 0.25) is 15.9 Å². The molecule has 1 atom stereocenters. The van der Waals surface area contributed by atoms with Crippen molar-refractivity contribution in [3.63, 3.8) is 0 Å². The van der Waals surface area contributed by atoms with Crippen LogP contribution < -0.4 is 9.62 Å². The number of amides is 1. The summed E-state index contributed by atoms with van der Waals surface area (Å²) in [6.45, 7) is 3.44. The van der Waals surface area contributed by atoms with E-state index < -0.39 is 10.0 Å². The summed E-state index contributed by atoms with van der Waals surface area (Å²) >= 11 is 6.13. The standard InChI is InChI=1S/C21H25ClN2O3S/c1-14-7-10-19(12-20(14)22)24(28(3,26)27)13-21(25)23-15(2)17-9-8-16-5-4-6-18(16)11-17/h7-12,15H,4-6,13H2,1-3H3,(H,23,25).